The molecule has 206 valence electrons. The molecule has 0 unspecified atom stereocenters. The molecule has 0 atom stereocenters. The van der Waals surface area contributed by atoms with Gasteiger partial charge in [-0.3, -0.25) is 4.79 Å². The van der Waals surface area contributed by atoms with E-state index >= 15 is 0 Å². The van der Waals surface area contributed by atoms with Crippen LogP contribution < -0.4 is 47.6 Å². The number of aliphatic hydroxyl groups is 1. The Labute approximate surface area is 253 Å². The number of hydrogen-bond acceptors (Lipinski definition) is 9. The van der Waals surface area contributed by atoms with Gasteiger partial charge in [-0.2, -0.15) is 0 Å². The molecule has 0 saturated heterocycles. The first-order valence-corrected chi connectivity index (χ1v) is 15.8. The molecular formula is C27H33NaO9SSi. The second kappa shape index (κ2) is 14.2. The van der Waals surface area contributed by atoms with E-state index in [1.807, 2.05) is 12.1 Å². The maximum absolute atomic E-state index is 12.2. The van der Waals surface area contributed by atoms with Crippen molar-refractivity contribution >= 4 is 36.7 Å². The fourth-order valence-corrected chi connectivity index (χ4v) is 4.25. The molecule has 0 aliphatic carbocycles. The molecule has 1 N–H and O–H groups in total. The second-order valence-electron chi connectivity index (χ2n) is 9.81. The van der Waals surface area contributed by atoms with Crippen molar-refractivity contribution in [3.63, 3.8) is 0 Å². The number of methoxy groups -OCH3 is 2. The molecule has 39 heavy (non-hydrogen) atoms. The van der Waals surface area contributed by atoms with E-state index in [9.17, 15) is 22.9 Å². The molecule has 2 aromatic carbocycles. The van der Waals surface area contributed by atoms with Gasteiger partial charge in [-0.05, 0) is 65.7 Å². The Balaban J connectivity index is 0.00000760. The van der Waals surface area contributed by atoms with Gasteiger partial charge in [0.05, 0.1) is 14.2 Å². The van der Waals surface area contributed by atoms with Crippen LogP contribution in [0.5, 0.6) is 23.0 Å². The molecule has 0 aromatic heterocycles. The van der Waals surface area contributed by atoms with E-state index in [2.05, 4.69) is 38.0 Å². The van der Waals surface area contributed by atoms with Crippen molar-refractivity contribution in [1.29, 1.82) is 0 Å². The molecule has 0 amide bonds. The van der Waals surface area contributed by atoms with Crippen LogP contribution in [0.25, 0.3) is 12.2 Å². The van der Waals surface area contributed by atoms with Gasteiger partial charge in [-0.25, -0.2) is 8.42 Å². The summed E-state index contributed by atoms with van der Waals surface area (Å²) in [5.41, 5.74) is 1.21. The average Bonchev–Trinajstić information content (AvgIpc) is 2.80. The summed E-state index contributed by atoms with van der Waals surface area (Å²) in [6, 6.07) is 9.49. The van der Waals surface area contributed by atoms with Crippen LogP contribution in [-0.4, -0.2) is 46.4 Å². The monoisotopic (exact) mass is 584 g/mol. The number of rotatable bonds is 11. The van der Waals surface area contributed by atoms with Crippen LogP contribution in [0.2, 0.25) is 18.1 Å². The molecule has 2 rings (SSSR count). The molecule has 0 spiro atoms. The number of allylic oxidation sites excluding steroid dienone is 3. The van der Waals surface area contributed by atoms with Crippen molar-refractivity contribution in [1.82, 2.24) is 0 Å². The fourth-order valence-electron chi connectivity index (χ4n) is 2.87. The van der Waals surface area contributed by atoms with Crippen molar-refractivity contribution < 1.29 is 70.5 Å². The summed E-state index contributed by atoms with van der Waals surface area (Å²) in [6.45, 7) is 10.8. The third-order valence-electron chi connectivity index (χ3n) is 5.92. The summed E-state index contributed by atoms with van der Waals surface area (Å²) < 4.78 is 53.6. The smallest absolute Gasteiger partial charge is 0.716 e. The number of ether oxygens (including phenoxy) is 2. The van der Waals surface area contributed by atoms with E-state index in [-0.39, 0.29) is 51.9 Å². The van der Waals surface area contributed by atoms with Gasteiger partial charge >= 0.3 is 29.6 Å². The molecule has 0 bridgehead atoms. The molecule has 0 aliphatic heterocycles. The van der Waals surface area contributed by atoms with Crippen LogP contribution >= 0.6 is 0 Å². The van der Waals surface area contributed by atoms with E-state index < -0.39 is 24.5 Å². The number of hydrogen-bond donors (Lipinski definition) is 1. The van der Waals surface area contributed by atoms with Gasteiger partial charge in [0.25, 0.3) is 18.7 Å². The van der Waals surface area contributed by atoms with Gasteiger partial charge < -0.3 is 27.7 Å². The number of carbonyl (C=O) groups is 1. The summed E-state index contributed by atoms with van der Waals surface area (Å²) in [7, 11) is -4.18. The third-order valence-corrected chi connectivity index (χ3v) is 10.6. The fraction of sp³-hybridized carbons (Fsp3) is 0.296. The molecule has 0 fully saturated rings. The number of benzene rings is 2. The Morgan fingerprint density at radius 2 is 1.38 bits per heavy atom. The third kappa shape index (κ3) is 10.9. The minimum Gasteiger partial charge on any atom is -0.716 e. The summed E-state index contributed by atoms with van der Waals surface area (Å²) in [6.07, 6.45) is 6.69. The van der Waals surface area contributed by atoms with Gasteiger partial charge in [0.2, 0.25) is 0 Å². The predicted molar refractivity (Wildman–Crippen MR) is 148 cm³/mol. The second-order valence-corrected chi connectivity index (χ2v) is 15.5. The number of carbonyl (C=O) groups excluding carboxylic acids is 1. The zero-order valence-corrected chi connectivity index (χ0v) is 27.3. The Morgan fingerprint density at radius 3 is 1.87 bits per heavy atom. The Hall–Kier alpha value is -2.54. The van der Waals surface area contributed by atoms with Crippen LogP contribution in [-0.2, 0) is 15.2 Å². The molecule has 0 aliphatic rings. The molecule has 2 aromatic rings. The molecule has 0 radical (unpaired) electrons. The molecule has 9 nitrogen and oxygen atoms in total. The van der Waals surface area contributed by atoms with E-state index in [1.54, 1.807) is 19.3 Å². The zero-order valence-electron chi connectivity index (χ0n) is 23.5. The SMILES string of the molecule is COc1cc(/C=C/C(O)=C/C(=O)/C=C/c2ccc(OS(=O)(=O)[O-])c(OC)c2)ccc1O[Si](C)(C)C(C)(C)C.[Na+]. The van der Waals surface area contributed by atoms with E-state index in [1.165, 1.54) is 43.5 Å². The molecule has 12 heteroatoms. The number of aliphatic hydroxyl groups excluding tert-OH is 1. The summed E-state index contributed by atoms with van der Waals surface area (Å²) >= 11 is 0. The molecular weight excluding hydrogens is 551 g/mol. The van der Waals surface area contributed by atoms with Crippen LogP contribution in [0.3, 0.4) is 0 Å². The average molecular weight is 585 g/mol. The van der Waals surface area contributed by atoms with Crippen molar-refractivity contribution in [2.75, 3.05) is 14.2 Å². The Morgan fingerprint density at radius 1 is 0.897 bits per heavy atom. The van der Waals surface area contributed by atoms with Crippen molar-refractivity contribution in [2.45, 2.75) is 38.9 Å². The van der Waals surface area contributed by atoms with Crippen molar-refractivity contribution in [3.05, 3.63) is 71.5 Å². The summed E-state index contributed by atoms with van der Waals surface area (Å²) in [5, 5.41) is 10.2. The number of ketones is 1. The van der Waals surface area contributed by atoms with Crippen molar-refractivity contribution in [3.8, 4) is 23.0 Å². The standard InChI is InChI=1S/C27H34O9SSi.Na/c1-27(2,3)38(6,7)36-24-15-11-20(17-26(24)34-5)9-13-22(29)18-21(28)12-8-19-10-14-23(25(16-19)33-4)35-37(30,31)32;/h8-18,29H,1-7H3,(H,30,31,32);/q;+1/p-1/b12-8+,13-9+,22-18-;. The maximum atomic E-state index is 12.2. The van der Waals surface area contributed by atoms with Gasteiger partial charge in [0, 0.05) is 6.08 Å². The van der Waals surface area contributed by atoms with Gasteiger partial charge in [0.15, 0.2) is 23.0 Å². The van der Waals surface area contributed by atoms with Gasteiger partial charge in [-0.1, -0.05) is 45.1 Å². The molecule has 0 saturated carbocycles. The van der Waals surface area contributed by atoms with E-state index in [0.717, 1.165) is 11.6 Å². The Kier molecular flexibility index (Phi) is 12.6. The summed E-state index contributed by atoms with van der Waals surface area (Å²) in [5.74, 6) is 0.189. The van der Waals surface area contributed by atoms with Crippen LogP contribution in [0.1, 0.15) is 31.9 Å². The van der Waals surface area contributed by atoms with Gasteiger partial charge in [-0.15, -0.1) is 0 Å². The predicted octanol–water partition coefficient (Wildman–Crippen LogP) is 2.67. The molecule has 0 heterocycles. The first-order chi connectivity index (χ1) is 17.5. The van der Waals surface area contributed by atoms with Crippen LogP contribution in [0.15, 0.2) is 60.4 Å². The summed E-state index contributed by atoms with van der Waals surface area (Å²) in [4.78, 5) is 12.2. The quantitative estimate of drug-likeness (QED) is 0.106. The van der Waals surface area contributed by atoms with E-state index in [4.69, 9.17) is 13.9 Å². The Bertz CT molecular complexity index is 1360. The zero-order chi connectivity index (χ0) is 28.7. The first kappa shape index (κ1) is 34.5. The van der Waals surface area contributed by atoms with Crippen LogP contribution in [0, 0.1) is 0 Å². The topological polar surface area (TPSA) is 131 Å². The van der Waals surface area contributed by atoms with Crippen LogP contribution in [0.4, 0.5) is 0 Å². The minimum atomic E-state index is -4.96. The maximum Gasteiger partial charge on any atom is 1.00 e. The van der Waals surface area contributed by atoms with Gasteiger partial charge in [0.1, 0.15) is 11.5 Å². The first-order valence-electron chi connectivity index (χ1n) is 11.6. The largest absolute Gasteiger partial charge is 1.00 e. The van der Waals surface area contributed by atoms with E-state index in [0.29, 0.717) is 17.1 Å². The normalized spacial score (nSPS) is 12.8. The van der Waals surface area contributed by atoms with Crippen molar-refractivity contribution in [2.24, 2.45) is 0 Å². The minimum absolute atomic E-state index is 0.